The van der Waals surface area contributed by atoms with Crippen molar-refractivity contribution in [2.75, 3.05) is 26.2 Å². The number of hydrogen-bond acceptors (Lipinski definition) is 4. The number of rotatable bonds is 1. The maximum absolute atomic E-state index is 11.6. The minimum Gasteiger partial charge on any atom is -0.464 e. The Balaban J connectivity index is 1.76. The molecule has 84 valence electrons. The minimum absolute atomic E-state index is 0.00236. The molecule has 0 spiro atoms. The second-order valence-electron chi connectivity index (χ2n) is 4.84. The summed E-state index contributed by atoms with van der Waals surface area (Å²) < 4.78 is 5.07. The van der Waals surface area contributed by atoms with E-state index in [1.165, 1.54) is 12.8 Å². The van der Waals surface area contributed by atoms with Crippen LogP contribution in [0.5, 0.6) is 0 Å². The van der Waals surface area contributed by atoms with Gasteiger partial charge in [-0.2, -0.15) is 0 Å². The predicted octanol–water partition coefficient (Wildman–Crippen LogP) is -0.0143. The van der Waals surface area contributed by atoms with Crippen molar-refractivity contribution >= 4 is 5.97 Å². The zero-order valence-electron chi connectivity index (χ0n) is 8.95. The van der Waals surface area contributed by atoms with Gasteiger partial charge in [-0.05, 0) is 31.8 Å². The van der Waals surface area contributed by atoms with Gasteiger partial charge in [-0.15, -0.1) is 0 Å². The molecule has 0 bridgehead atoms. The highest BCUT2D eigenvalue weighted by atomic mass is 16.5. The van der Waals surface area contributed by atoms with Gasteiger partial charge in [0, 0.05) is 19.0 Å². The van der Waals surface area contributed by atoms with Crippen molar-refractivity contribution in [3.8, 4) is 0 Å². The van der Waals surface area contributed by atoms with Gasteiger partial charge in [-0.25, -0.2) is 0 Å². The summed E-state index contributed by atoms with van der Waals surface area (Å²) in [5.41, 5.74) is 0. The summed E-state index contributed by atoms with van der Waals surface area (Å²) in [7, 11) is 0. The Morgan fingerprint density at radius 3 is 3.07 bits per heavy atom. The largest absolute Gasteiger partial charge is 0.464 e. The Morgan fingerprint density at radius 1 is 1.33 bits per heavy atom. The molecule has 4 heteroatoms. The highest BCUT2D eigenvalue weighted by Gasteiger charge is 2.42. The van der Waals surface area contributed by atoms with Crippen LogP contribution >= 0.6 is 0 Å². The summed E-state index contributed by atoms with van der Waals surface area (Å²) in [5.74, 6) is 0.759. The number of carbonyl (C=O) groups is 1. The predicted molar refractivity (Wildman–Crippen MR) is 55.5 cm³/mol. The Morgan fingerprint density at radius 2 is 2.27 bits per heavy atom. The molecule has 15 heavy (non-hydrogen) atoms. The van der Waals surface area contributed by atoms with Crippen molar-refractivity contribution in [3.05, 3.63) is 0 Å². The summed E-state index contributed by atoms with van der Waals surface area (Å²) in [6.45, 7) is 3.87. The Bertz CT molecular complexity index is 269. The molecule has 0 aromatic heterocycles. The van der Waals surface area contributed by atoms with E-state index in [1.54, 1.807) is 0 Å². The monoisotopic (exact) mass is 210 g/mol. The zero-order chi connectivity index (χ0) is 10.3. The molecule has 0 aliphatic carbocycles. The number of cyclic esters (lactones) is 1. The van der Waals surface area contributed by atoms with Crippen LogP contribution in [0, 0.1) is 5.92 Å². The van der Waals surface area contributed by atoms with Crippen molar-refractivity contribution in [1.29, 1.82) is 0 Å². The molecule has 0 saturated carbocycles. The van der Waals surface area contributed by atoms with Crippen molar-refractivity contribution < 1.29 is 9.53 Å². The van der Waals surface area contributed by atoms with Crippen molar-refractivity contribution in [1.82, 2.24) is 10.2 Å². The van der Waals surface area contributed by atoms with Crippen LogP contribution < -0.4 is 5.32 Å². The third-order valence-corrected chi connectivity index (χ3v) is 4.03. The molecule has 3 atom stereocenters. The van der Waals surface area contributed by atoms with E-state index in [-0.39, 0.29) is 12.0 Å². The lowest BCUT2D eigenvalue weighted by atomic mass is 9.90. The van der Waals surface area contributed by atoms with Crippen molar-refractivity contribution in [2.24, 2.45) is 5.92 Å². The molecule has 0 radical (unpaired) electrons. The fraction of sp³-hybridized carbons (Fsp3) is 0.909. The van der Waals surface area contributed by atoms with Gasteiger partial charge in [-0.1, -0.05) is 0 Å². The number of carbonyl (C=O) groups excluding carboxylic acids is 1. The molecular formula is C11H18N2O2. The minimum atomic E-state index is 0.00236. The average molecular weight is 210 g/mol. The Labute approximate surface area is 90.0 Å². The number of ether oxygens (including phenoxy) is 1. The molecule has 3 aliphatic rings. The number of nitrogens with one attached hydrogen (secondary N) is 1. The van der Waals surface area contributed by atoms with Crippen LogP contribution in [0.25, 0.3) is 0 Å². The molecule has 0 amide bonds. The van der Waals surface area contributed by atoms with Gasteiger partial charge >= 0.3 is 5.97 Å². The highest BCUT2D eigenvalue weighted by molar-refractivity contribution is 5.77. The molecule has 3 fully saturated rings. The van der Waals surface area contributed by atoms with Gasteiger partial charge in [0.2, 0.25) is 0 Å². The lowest BCUT2D eigenvalue weighted by Crippen LogP contribution is -2.51. The van der Waals surface area contributed by atoms with E-state index < -0.39 is 0 Å². The van der Waals surface area contributed by atoms with E-state index in [2.05, 4.69) is 10.2 Å². The van der Waals surface area contributed by atoms with E-state index in [0.29, 0.717) is 12.6 Å². The molecule has 3 unspecified atom stereocenters. The number of fused-ring (bicyclic) bond motifs is 1. The lowest BCUT2D eigenvalue weighted by Gasteiger charge is -2.39. The Hall–Kier alpha value is -0.610. The summed E-state index contributed by atoms with van der Waals surface area (Å²) in [5, 5.41) is 3.44. The van der Waals surface area contributed by atoms with E-state index in [1.807, 2.05) is 0 Å². The maximum Gasteiger partial charge on any atom is 0.323 e. The first kappa shape index (κ1) is 9.60. The van der Waals surface area contributed by atoms with Crippen LogP contribution in [0.15, 0.2) is 0 Å². The summed E-state index contributed by atoms with van der Waals surface area (Å²) in [6, 6.07) is 0.632. The Kier molecular flexibility index (Phi) is 2.41. The first-order valence-corrected chi connectivity index (χ1v) is 5.99. The number of piperidine rings is 1. The fourth-order valence-electron chi connectivity index (χ4n) is 3.28. The normalized spacial score (nSPS) is 41.6. The second kappa shape index (κ2) is 3.76. The van der Waals surface area contributed by atoms with Crippen LogP contribution in [0.1, 0.15) is 19.3 Å². The van der Waals surface area contributed by atoms with Crippen LogP contribution in [0.4, 0.5) is 0 Å². The first-order chi connectivity index (χ1) is 7.36. The highest BCUT2D eigenvalue weighted by Crippen LogP contribution is 2.30. The molecule has 3 heterocycles. The van der Waals surface area contributed by atoms with E-state index >= 15 is 0 Å². The standard InChI is InChI=1S/C11H18N2O2/c14-11-9(3-5-15-11)13-4-1-2-8-6-12-7-10(8)13/h8-10,12H,1-7H2. The molecule has 0 aromatic rings. The van der Waals surface area contributed by atoms with E-state index in [0.717, 1.165) is 32.0 Å². The molecule has 1 N–H and O–H groups in total. The molecule has 4 nitrogen and oxygen atoms in total. The van der Waals surface area contributed by atoms with Gasteiger partial charge in [0.05, 0.1) is 6.61 Å². The van der Waals surface area contributed by atoms with E-state index in [4.69, 9.17) is 4.74 Å². The number of nitrogens with zero attached hydrogens (tertiary/aromatic N) is 1. The average Bonchev–Trinajstić information content (AvgIpc) is 2.85. The topological polar surface area (TPSA) is 41.6 Å². The first-order valence-electron chi connectivity index (χ1n) is 5.99. The van der Waals surface area contributed by atoms with E-state index in [9.17, 15) is 4.79 Å². The molecule has 0 aromatic carbocycles. The van der Waals surface area contributed by atoms with Gasteiger partial charge in [0.25, 0.3) is 0 Å². The summed E-state index contributed by atoms with van der Waals surface area (Å²) in [4.78, 5) is 14.0. The SMILES string of the molecule is O=C1OCCC1N1CCCC2CNCC21. The van der Waals surface area contributed by atoms with Crippen LogP contribution in [-0.2, 0) is 9.53 Å². The number of esters is 1. The quantitative estimate of drug-likeness (QED) is 0.618. The van der Waals surface area contributed by atoms with Crippen molar-refractivity contribution in [2.45, 2.75) is 31.3 Å². The number of hydrogen-bond donors (Lipinski definition) is 1. The zero-order valence-corrected chi connectivity index (χ0v) is 8.95. The van der Waals surface area contributed by atoms with Crippen LogP contribution in [-0.4, -0.2) is 49.2 Å². The molecule has 3 rings (SSSR count). The van der Waals surface area contributed by atoms with Crippen molar-refractivity contribution in [3.63, 3.8) is 0 Å². The van der Waals surface area contributed by atoms with Crippen LogP contribution in [0.2, 0.25) is 0 Å². The summed E-state index contributed by atoms with van der Waals surface area (Å²) >= 11 is 0. The smallest absolute Gasteiger partial charge is 0.323 e. The molecule has 3 saturated heterocycles. The fourth-order valence-corrected chi connectivity index (χ4v) is 3.28. The molecular weight excluding hydrogens is 192 g/mol. The lowest BCUT2D eigenvalue weighted by molar-refractivity contribution is -0.143. The second-order valence-corrected chi connectivity index (χ2v) is 4.84. The van der Waals surface area contributed by atoms with Crippen LogP contribution in [0.3, 0.4) is 0 Å². The van der Waals surface area contributed by atoms with Gasteiger partial charge < -0.3 is 10.1 Å². The summed E-state index contributed by atoms with van der Waals surface area (Å²) in [6.07, 6.45) is 3.44. The molecule has 3 aliphatic heterocycles. The van der Waals surface area contributed by atoms with Gasteiger partial charge in [-0.3, -0.25) is 9.69 Å². The third kappa shape index (κ3) is 1.56. The van der Waals surface area contributed by atoms with Gasteiger partial charge in [0.15, 0.2) is 0 Å². The maximum atomic E-state index is 11.6. The number of likely N-dealkylation sites (tertiary alicyclic amines) is 1. The third-order valence-electron chi connectivity index (χ3n) is 4.03. The van der Waals surface area contributed by atoms with Gasteiger partial charge in [0.1, 0.15) is 6.04 Å².